The Morgan fingerprint density at radius 1 is 1.24 bits per heavy atom. The molecule has 0 fully saturated rings. The van der Waals surface area contributed by atoms with Crippen molar-refractivity contribution in [2.24, 2.45) is 0 Å². The van der Waals surface area contributed by atoms with Gasteiger partial charge in [-0.15, -0.1) is 0 Å². The quantitative estimate of drug-likeness (QED) is 0.654. The van der Waals surface area contributed by atoms with Gasteiger partial charge in [-0.2, -0.15) is 0 Å². The number of ether oxygens (including phenoxy) is 3. The van der Waals surface area contributed by atoms with E-state index in [9.17, 15) is 4.79 Å². The van der Waals surface area contributed by atoms with Gasteiger partial charge in [-0.25, -0.2) is 4.98 Å². The van der Waals surface area contributed by atoms with Crippen LogP contribution in [0, 0.1) is 0 Å². The minimum Gasteiger partial charge on any atom is -0.493 e. The summed E-state index contributed by atoms with van der Waals surface area (Å²) in [5.74, 6) is 1.62. The number of benzene rings is 2. The van der Waals surface area contributed by atoms with E-state index in [2.05, 4.69) is 10.3 Å². The average Bonchev–Trinajstić information content (AvgIpc) is 3.31. The first-order valence-corrected chi connectivity index (χ1v) is 9.24. The maximum Gasteiger partial charge on any atom is 0.244 e. The Kier molecular flexibility index (Phi) is 5.47. The van der Waals surface area contributed by atoms with Crippen LogP contribution in [0.1, 0.15) is 11.1 Å². The molecule has 1 aliphatic rings. The van der Waals surface area contributed by atoms with Gasteiger partial charge in [0.05, 0.1) is 13.4 Å². The Labute approximate surface area is 168 Å². The van der Waals surface area contributed by atoms with E-state index in [1.54, 1.807) is 25.7 Å². The van der Waals surface area contributed by atoms with Crippen LogP contribution < -0.4 is 19.5 Å². The highest BCUT2D eigenvalue weighted by Crippen LogP contribution is 2.40. The number of methoxy groups -OCH3 is 1. The molecule has 29 heavy (non-hydrogen) atoms. The molecule has 4 rings (SSSR count). The van der Waals surface area contributed by atoms with Gasteiger partial charge in [-0.05, 0) is 41.5 Å². The Morgan fingerprint density at radius 3 is 2.83 bits per heavy atom. The standard InChI is InChI=1S/C22H21N3O4/c1-27-19-12-17(13-20-22(19)29-11-10-28-20)4-7-21(26)24-14-16-2-5-18(6-3-16)25-9-8-23-15-25/h2-9,12-13,15H,10-11,14H2,1H3,(H,24,26)/b7-4+. The van der Waals surface area contributed by atoms with Gasteiger partial charge in [-0.3, -0.25) is 4.79 Å². The van der Waals surface area contributed by atoms with Crippen molar-refractivity contribution < 1.29 is 19.0 Å². The summed E-state index contributed by atoms with van der Waals surface area (Å²) in [5.41, 5.74) is 2.83. The molecule has 7 heteroatoms. The molecule has 0 unspecified atom stereocenters. The normalized spacial score (nSPS) is 12.7. The molecule has 3 aromatic rings. The molecule has 148 valence electrons. The number of aromatic nitrogens is 2. The lowest BCUT2D eigenvalue weighted by molar-refractivity contribution is -0.116. The number of carbonyl (C=O) groups is 1. The zero-order valence-electron chi connectivity index (χ0n) is 16.0. The number of amides is 1. The highest BCUT2D eigenvalue weighted by Gasteiger charge is 2.17. The summed E-state index contributed by atoms with van der Waals surface area (Å²) in [6.07, 6.45) is 8.57. The summed E-state index contributed by atoms with van der Waals surface area (Å²) in [5, 5.41) is 2.88. The van der Waals surface area contributed by atoms with Gasteiger partial charge in [0.15, 0.2) is 11.5 Å². The van der Waals surface area contributed by atoms with Crippen LogP contribution in [0.5, 0.6) is 17.2 Å². The molecule has 0 atom stereocenters. The molecule has 2 heterocycles. The van der Waals surface area contributed by atoms with E-state index in [-0.39, 0.29) is 5.91 Å². The number of rotatable bonds is 6. The van der Waals surface area contributed by atoms with Crippen molar-refractivity contribution in [3.63, 3.8) is 0 Å². The third-order valence-corrected chi connectivity index (χ3v) is 4.48. The van der Waals surface area contributed by atoms with Crippen LogP contribution in [0.2, 0.25) is 0 Å². The van der Waals surface area contributed by atoms with Crippen LogP contribution in [0.3, 0.4) is 0 Å². The third kappa shape index (κ3) is 4.40. The molecule has 1 aliphatic heterocycles. The second-order valence-corrected chi connectivity index (χ2v) is 6.43. The van der Waals surface area contributed by atoms with E-state index >= 15 is 0 Å². The largest absolute Gasteiger partial charge is 0.493 e. The van der Waals surface area contributed by atoms with Gasteiger partial charge in [0, 0.05) is 30.7 Å². The number of carbonyl (C=O) groups excluding carboxylic acids is 1. The van der Waals surface area contributed by atoms with E-state index in [0.717, 1.165) is 16.8 Å². The maximum atomic E-state index is 12.2. The zero-order valence-corrected chi connectivity index (χ0v) is 16.0. The van der Waals surface area contributed by atoms with E-state index in [1.165, 1.54) is 6.08 Å². The van der Waals surface area contributed by atoms with Crippen LogP contribution in [-0.2, 0) is 11.3 Å². The van der Waals surface area contributed by atoms with Gasteiger partial charge in [0.25, 0.3) is 0 Å². The van der Waals surface area contributed by atoms with E-state index in [4.69, 9.17) is 14.2 Å². The first-order chi connectivity index (χ1) is 14.2. The molecule has 1 amide bonds. The summed E-state index contributed by atoms with van der Waals surface area (Å²) in [6, 6.07) is 11.6. The number of hydrogen-bond donors (Lipinski definition) is 1. The smallest absolute Gasteiger partial charge is 0.244 e. The van der Waals surface area contributed by atoms with Gasteiger partial charge in [0.1, 0.15) is 13.2 Å². The van der Waals surface area contributed by atoms with Crippen LogP contribution >= 0.6 is 0 Å². The van der Waals surface area contributed by atoms with Crippen molar-refractivity contribution in [3.8, 4) is 22.9 Å². The molecule has 0 aliphatic carbocycles. The number of nitrogens with zero attached hydrogens (tertiary/aromatic N) is 2. The molecule has 0 saturated heterocycles. The highest BCUT2D eigenvalue weighted by molar-refractivity contribution is 5.91. The minimum atomic E-state index is -0.183. The van der Waals surface area contributed by atoms with Crippen molar-refractivity contribution in [1.82, 2.24) is 14.9 Å². The Hall–Kier alpha value is -3.74. The number of imidazole rings is 1. The van der Waals surface area contributed by atoms with Gasteiger partial charge in [0.2, 0.25) is 11.7 Å². The summed E-state index contributed by atoms with van der Waals surface area (Å²) in [4.78, 5) is 16.2. The first-order valence-electron chi connectivity index (χ1n) is 9.24. The SMILES string of the molecule is COc1cc(/C=C/C(=O)NCc2ccc(-n3ccnc3)cc2)cc2c1OCCO2. The van der Waals surface area contributed by atoms with Crippen molar-refractivity contribution >= 4 is 12.0 Å². The molecule has 0 radical (unpaired) electrons. The number of hydrogen-bond acceptors (Lipinski definition) is 5. The van der Waals surface area contributed by atoms with Crippen molar-refractivity contribution in [1.29, 1.82) is 0 Å². The Morgan fingerprint density at radius 2 is 2.07 bits per heavy atom. The highest BCUT2D eigenvalue weighted by atomic mass is 16.6. The van der Waals surface area contributed by atoms with Gasteiger partial charge >= 0.3 is 0 Å². The fourth-order valence-electron chi connectivity index (χ4n) is 3.01. The lowest BCUT2D eigenvalue weighted by Crippen LogP contribution is -2.20. The molecule has 0 bridgehead atoms. The Bertz CT molecular complexity index is 994. The Balaban J connectivity index is 1.36. The van der Waals surface area contributed by atoms with E-state index in [0.29, 0.717) is 37.0 Å². The van der Waals surface area contributed by atoms with Crippen LogP contribution in [0.4, 0.5) is 0 Å². The predicted octanol–water partition coefficient (Wildman–Crippen LogP) is 2.98. The molecule has 0 saturated carbocycles. The van der Waals surface area contributed by atoms with Crippen molar-refractivity contribution in [2.45, 2.75) is 6.54 Å². The molecule has 1 N–H and O–H groups in total. The molecular formula is C22H21N3O4. The molecular weight excluding hydrogens is 370 g/mol. The fraction of sp³-hybridized carbons (Fsp3) is 0.182. The maximum absolute atomic E-state index is 12.2. The average molecular weight is 391 g/mol. The number of nitrogens with one attached hydrogen (secondary N) is 1. The minimum absolute atomic E-state index is 0.183. The molecule has 2 aromatic carbocycles. The summed E-state index contributed by atoms with van der Waals surface area (Å²) in [7, 11) is 1.58. The van der Waals surface area contributed by atoms with Crippen molar-refractivity contribution in [3.05, 3.63) is 72.3 Å². The number of fused-ring (bicyclic) bond motifs is 1. The zero-order chi connectivity index (χ0) is 20.1. The van der Waals surface area contributed by atoms with Crippen molar-refractivity contribution in [2.75, 3.05) is 20.3 Å². The van der Waals surface area contributed by atoms with E-state index in [1.807, 2.05) is 47.2 Å². The molecule has 1 aromatic heterocycles. The third-order valence-electron chi connectivity index (χ3n) is 4.48. The predicted molar refractivity (Wildman–Crippen MR) is 108 cm³/mol. The fourth-order valence-corrected chi connectivity index (χ4v) is 3.01. The molecule has 0 spiro atoms. The van der Waals surface area contributed by atoms with Gasteiger partial charge in [-0.1, -0.05) is 12.1 Å². The van der Waals surface area contributed by atoms with Crippen LogP contribution in [-0.4, -0.2) is 35.8 Å². The van der Waals surface area contributed by atoms with Gasteiger partial charge < -0.3 is 24.1 Å². The lowest BCUT2D eigenvalue weighted by Gasteiger charge is -2.20. The topological polar surface area (TPSA) is 74.6 Å². The summed E-state index contributed by atoms with van der Waals surface area (Å²) >= 11 is 0. The second-order valence-electron chi connectivity index (χ2n) is 6.43. The van der Waals surface area contributed by atoms with Crippen LogP contribution in [0.25, 0.3) is 11.8 Å². The monoisotopic (exact) mass is 391 g/mol. The summed E-state index contributed by atoms with van der Waals surface area (Å²) in [6.45, 7) is 1.42. The lowest BCUT2D eigenvalue weighted by atomic mass is 10.1. The summed E-state index contributed by atoms with van der Waals surface area (Å²) < 4.78 is 18.5. The second kappa shape index (κ2) is 8.52. The first kappa shape index (κ1) is 18.6. The van der Waals surface area contributed by atoms with E-state index < -0.39 is 0 Å². The molecule has 7 nitrogen and oxygen atoms in total. The van der Waals surface area contributed by atoms with Crippen LogP contribution in [0.15, 0.2) is 61.2 Å².